The molecule has 1 aliphatic heterocycles. The van der Waals surface area contributed by atoms with E-state index in [1.165, 1.54) is 45.6 Å². The van der Waals surface area contributed by atoms with E-state index in [-0.39, 0.29) is 24.0 Å². The van der Waals surface area contributed by atoms with Crippen LogP contribution in [0, 0.1) is 0 Å². The van der Waals surface area contributed by atoms with Crippen LogP contribution in [-0.2, 0) is 0 Å². The molecule has 0 aromatic heterocycles. The quantitative estimate of drug-likeness (QED) is 0.207. The van der Waals surface area contributed by atoms with E-state index in [2.05, 4.69) is 45.7 Å². The average Bonchev–Trinajstić information content (AvgIpc) is 2.72. The number of likely N-dealkylation sites (N-methyl/N-ethyl adjacent to an activating group) is 1. The Morgan fingerprint density at radius 1 is 1.26 bits per heavy atom. The third kappa shape index (κ3) is 10.2. The van der Waals surface area contributed by atoms with Crippen LogP contribution in [0.1, 0.15) is 25.7 Å². The molecule has 1 aliphatic rings. The highest BCUT2D eigenvalue weighted by Crippen LogP contribution is 2.01. The summed E-state index contributed by atoms with van der Waals surface area (Å²) in [6.45, 7) is 11.8. The molecule has 0 amide bonds. The fourth-order valence-electron chi connectivity index (χ4n) is 2.79. The number of nitrogens with zero attached hydrogens (tertiary/aromatic N) is 4. The van der Waals surface area contributed by atoms with Gasteiger partial charge in [-0.2, -0.15) is 0 Å². The highest BCUT2D eigenvalue weighted by atomic mass is 127. The first kappa shape index (κ1) is 22.7. The summed E-state index contributed by atoms with van der Waals surface area (Å²) in [5.41, 5.74) is 0. The molecule has 0 saturated carbocycles. The lowest BCUT2D eigenvalue weighted by atomic mass is 10.3. The summed E-state index contributed by atoms with van der Waals surface area (Å²) in [5.74, 6) is 1.000. The van der Waals surface area contributed by atoms with Crippen molar-refractivity contribution >= 4 is 29.9 Å². The first-order valence-electron chi connectivity index (χ1n) is 8.61. The molecule has 0 unspecified atom stereocenters. The van der Waals surface area contributed by atoms with Crippen molar-refractivity contribution in [3.05, 3.63) is 12.7 Å². The largest absolute Gasteiger partial charge is 0.356 e. The maximum absolute atomic E-state index is 4.36. The van der Waals surface area contributed by atoms with Gasteiger partial charge in [-0.3, -0.25) is 4.99 Å². The summed E-state index contributed by atoms with van der Waals surface area (Å²) in [6.07, 6.45) is 6.62. The molecule has 1 saturated heterocycles. The molecule has 0 atom stereocenters. The molecule has 0 aromatic rings. The van der Waals surface area contributed by atoms with E-state index in [9.17, 15) is 0 Å². The summed E-state index contributed by atoms with van der Waals surface area (Å²) < 4.78 is 0. The molecule has 0 aromatic carbocycles. The van der Waals surface area contributed by atoms with Crippen molar-refractivity contribution in [1.29, 1.82) is 0 Å². The summed E-state index contributed by atoms with van der Waals surface area (Å²) in [5, 5.41) is 3.47. The second-order valence-corrected chi connectivity index (χ2v) is 6.18. The molecule has 5 nitrogen and oxygen atoms in total. The third-order valence-corrected chi connectivity index (χ3v) is 4.22. The minimum atomic E-state index is 0. The Balaban J connectivity index is 0.00000484. The first-order chi connectivity index (χ1) is 10.7. The maximum atomic E-state index is 4.36. The molecular formula is C17H36IN5. The van der Waals surface area contributed by atoms with Crippen LogP contribution >= 0.6 is 24.0 Å². The van der Waals surface area contributed by atoms with Crippen LogP contribution in [0.5, 0.6) is 0 Å². The number of hydrogen-bond donors (Lipinski definition) is 1. The lowest BCUT2D eigenvalue weighted by Gasteiger charge is -2.23. The number of aliphatic imine (C=N–C) groups is 1. The molecule has 1 N–H and O–H groups in total. The van der Waals surface area contributed by atoms with Gasteiger partial charge >= 0.3 is 0 Å². The summed E-state index contributed by atoms with van der Waals surface area (Å²) in [7, 11) is 6.18. The van der Waals surface area contributed by atoms with Crippen LogP contribution in [0.25, 0.3) is 0 Å². The van der Waals surface area contributed by atoms with Crippen molar-refractivity contribution in [3.63, 3.8) is 0 Å². The van der Waals surface area contributed by atoms with Crippen LogP contribution in [0.2, 0.25) is 0 Å². The zero-order chi connectivity index (χ0) is 16.2. The van der Waals surface area contributed by atoms with Gasteiger partial charge in [0.1, 0.15) is 0 Å². The molecule has 1 fully saturated rings. The van der Waals surface area contributed by atoms with Gasteiger partial charge in [-0.25, -0.2) is 0 Å². The number of nitrogens with one attached hydrogen (secondary N) is 1. The van der Waals surface area contributed by atoms with Gasteiger partial charge in [-0.15, -0.1) is 30.6 Å². The van der Waals surface area contributed by atoms with Crippen molar-refractivity contribution < 1.29 is 0 Å². The number of hydrogen-bond acceptors (Lipinski definition) is 3. The predicted molar refractivity (Wildman–Crippen MR) is 112 cm³/mol. The molecule has 136 valence electrons. The molecule has 0 bridgehead atoms. The molecular weight excluding hydrogens is 401 g/mol. The van der Waals surface area contributed by atoms with Gasteiger partial charge in [0, 0.05) is 40.3 Å². The number of allylic oxidation sites excluding steroid dienone is 1. The van der Waals surface area contributed by atoms with E-state index in [1.807, 2.05) is 13.1 Å². The molecule has 0 spiro atoms. The molecule has 0 aliphatic carbocycles. The summed E-state index contributed by atoms with van der Waals surface area (Å²) >= 11 is 0. The highest BCUT2D eigenvalue weighted by Gasteiger charge is 2.11. The van der Waals surface area contributed by atoms with Crippen molar-refractivity contribution in [2.45, 2.75) is 25.7 Å². The lowest BCUT2D eigenvalue weighted by Crippen LogP contribution is -2.40. The van der Waals surface area contributed by atoms with Crippen LogP contribution in [-0.4, -0.2) is 87.6 Å². The topological polar surface area (TPSA) is 34.1 Å². The zero-order valence-electron chi connectivity index (χ0n) is 15.3. The van der Waals surface area contributed by atoms with Gasteiger partial charge in [0.2, 0.25) is 0 Å². The van der Waals surface area contributed by atoms with Crippen molar-refractivity contribution in [3.8, 4) is 0 Å². The Hall–Kier alpha value is -0.340. The first-order valence-corrected chi connectivity index (χ1v) is 8.61. The Labute approximate surface area is 160 Å². The van der Waals surface area contributed by atoms with Crippen LogP contribution in [0.4, 0.5) is 0 Å². The van der Waals surface area contributed by atoms with Crippen molar-refractivity contribution in [2.75, 3.05) is 67.0 Å². The molecule has 23 heavy (non-hydrogen) atoms. The zero-order valence-corrected chi connectivity index (χ0v) is 17.6. The fourth-order valence-corrected chi connectivity index (χ4v) is 2.79. The Morgan fingerprint density at radius 2 is 2.04 bits per heavy atom. The number of rotatable bonds is 8. The number of guanidine groups is 1. The molecule has 1 heterocycles. The SMILES string of the molecule is C=CCCCN(C)C(=NC)NCCCN1CCCN(C)CC1.I. The Bertz CT molecular complexity index is 335. The minimum Gasteiger partial charge on any atom is -0.356 e. The number of unbranched alkanes of at least 4 members (excludes halogenated alkanes) is 1. The predicted octanol–water partition coefficient (Wildman–Crippen LogP) is 2.11. The second kappa shape index (κ2) is 14.0. The van der Waals surface area contributed by atoms with Crippen LogP contribution in [0.15, 0.2) is 17.6 Å². The second-order valence-electron chi connectivity index (χ2n) is 6.18. The molecule has 6 heteroatoms. The van der Waals surface area contributed by atoms with Crippen LogP contribution < -0.4 is 5.32 Å². The fraction of sp³-hybridized carbons (Fsp3) is 0.824. The third-order valence-electron chi connectivity index (χ3n) is 4.22. The van der Waals surface area contributed by atoms with E-state index in [0.717, 1.165) is 31.9 Å². The van der Waals surface area contributed by atoms with Gasteiger partial charge in [-0.1, -0.05) is 6.08 Å². The molecule has 0 radical (unpaired) electrons. The summed E-state index contributed by atoms with van der Waals surface area (Å²) in [6, 6.07) is 0. The standard InChI is InChI=1S/C17H35N5.HI/c1-5-6-7-12-21(4)17(18-2)19-10-8-13-22-14-9-11-20(3)15-16-22;/h5H,1,6-16H2,2-4H3,(H,18,19);1H. The van der Waals surface area contributed by atoms with E-state index in [4.69, 9.17) is 0 Å². The molecule has 1 rings (SSSR count). The van der Waals surface area contributed by atoms with Gasteiger partial charge in [0.25, 0.3) is 0 Å². The minimum absolute atomic E-state index is 0. The lowest BCUT2D eigenvalue weighted by molar-refractivity contribution is 0.273. The highest BCUT2D eigenvalue weighted by molar-refractivity contribution is 14.0. The monoisotopic (exact) mass is 437 g/mol. The van der Waals surface area contributed by atoms with E-state index >= 15 is 0 Å². The Morgan fingerprint density at radius 3 is 2.74 bits per heavy atom. The van der Waals surface area contributed by atoms with E-state index in [0.29, 0.717) is 0 Å². The van der Waals surface area contributed by atoms with Gasteiger partial charge in [-0.05, 0) is 52.4 Å². The average molecular weight is 437 g/mol. The van der Waals surface area contributed by atoms with Crippen molar-refractivity contribution in [1.82, 2.24) is 20.0 Å². The van der Waals surface area contributed by atoms with Gasteiger partial charge in [0.15, 0.2) is 5.96 Å². The summed E-state index contributed by atoms with van der Waals surface area (Å²) in [4.78, 5) is 11.6. The van der Waals surface area contributed by atoms with E-state index < -0.39 is 0 Å². The normalized spacial score (nSPS) is 17.3. The van der Waals surface area contributed by atoms with Crippen LogP contribution in [0.3, 0.4) is 0 Å². The van der Waals surface area contributed by atoms with E-state index in [1.54, 1.807) is 0 Å². The van der Waals surface area contributed by atoms with Gasteiger partial charge < -0.3 is 20.0 Å². The number of halogens is 1. The van der Waals surface area contributed by atoms with Gasteiger partial charge in [0.05, 0.1) is 0 Å². The maximum Gasteiger partial charge on any atom is 0.193 e. The van der Waals surface area contributed by atoms with Crippen molar-refractivity contribution in [2.24, 2.45) is 4.99 Å². The Kier molecular flexibility index (Phi) is 13.8. The smallest absolute Gasteiger partial charge is 0.193 e.